The predicted molar refractivity (Wildman–Crippen MR) is 195 cm³/mol. The van der Waals surface area contributed by atoms with E-state index >= 15 is 4.39 Å². The summed E-state index contributed by atoms with van der Waals surface area (Å²) < 4.78 is 54.5. The van der Waals surface area contributed by atoms with Crippen LogP contribution in [0.5, 0.6) is 23.0 Å². The van der Waals surface area contributed by atoms with E-state index in [1.165, 1.54) is 37.4 Å². The Bertz CT molecular complexity index is 2350. The summed E-state index contributed by atoms with van der Waals surface area (Å²) in [4.78, 5) is 34.1. The van der Waals surface area contributed by atoms with Crippen LogP contribution in [0.2, 0.25) is 5.02 Å². The first-order valence-corrected chi connectivity index (χ1v) is 17.0. The lowest BCUT2D eigenvalue weighted by Crippen LogP contribution is -2.37. The Morgan fingerprint density at radius 2 is 1.69 bits per heavy atom. The Kier molecular flexibility index (Phi) is 10.3. The van der Waals surface area contributed by atoms with E-state index in [1.807, 2.05) is 0 Å². The number of nitrogens with one attached hydrogen (secondary N) is 1. The van der Waals surface area contributed by atoms with Gasteiger partial charge in [0.25, 0.3) is 11.5 Å². The van der Waals surface area contributed by atoms with E-state index in [0.717, 1.165) is 49.9 Å². The minimum Gasteiger partial charge on any atom is -0.493 e. The molecule has 4 aromatic carbocycles. The topological polar surface area (TPSA) is 104 Å². The molecule has 266 valence electrons. The van der Waals surface area contributed by atoms with Gasteiger partial charge in [0.1, 0.15) is 17.1 Å². The Labute approximate surface area is 302 Å². The number of pyridine rings is 2. The number of carbonyl (C=O) groups is 1. The highest BCUT2D eigenvalue weighted by atomic mass is 35.5. The normalized spacial score (nSPS) is 13.3. The number of nitrogens with zero attached hydrogens (tertiary/aromatic N) is 3. The first kappa shape index (κ1) is 34.9. The van der Waals surface area contributed by atoms with Crippen molar-refractivity contribution in [2.45, 2.75) is 6.42 Å². The molecule has 1 aliphatic heterocycles. The Hall–Kier alpha value is -5.56. The van der Waals surface area contributed by atoms with E-state index in [1.54, 1.807) is 54.7 Å². The number of benzene rings is 4. The lowest BCUT2D eigenvalue weighted by Gasteiger charge is -2.26. The number of fused-ring (bicyclic) bond motifs is 2. The van der Waals surface area contributed by atoms with Crippen LogP contribution >= 0.6 is 11.6 Å². The van der Waals surface area contributed by atoms with Gasteiger partial charge >= 0.3 is 0 Å². The summed E-state index contributed by atoms with van der Waals surface area (Å²) in [7, 11) is 1.53. The first-order valence-electron chi connectivity index (χ1n) is 16.6. The molecular formula is C39H33ClF2N4O6. The van der Waals surface area contributed by atoms with Crippen molar-refractivity contribution in [1.29, 1.82) is 0 Å². The molecule has 2 aromatic heterocycles. The molecule has 0 unspecified atom stereocenters. The van der Waals surface area contributed by atoms with Crippen LogP contribution in [-0.4, -0.2) is 66.9 Å². The molecule has 1 amide bonds. The first-order chi connectivity index (χ1) is 25.3. The smallest absolute Gasteiger partial charge is 0.270 e. The maximum absolute atomic E-state index is 15.5. The number of para-hydroxylation sites is 2. The van der Waals surface area contributed by atoms with E-state index in [0.29, 0.717) is 45.7 Å². The third kappa shape index (κ3) is 7.13. The van der Waals surface area contributed by atoms with Crippen LogP contribution in [0.3, 0.4) is 0 Å². The number of ether oxygens (including phenoxy) is 4. The van der Waals surface area contributed by atoms with Gasteiger partial charge in [0.05, 0.1) is 48.7 Å². The number of halogens is 3. The van der Waals surface area contributed by atoms with Crippen LogP contribution in [0.4, 0.5) is 14.5 Å². The number of amides is 1. The van der Waals surface area contributed by atoms with Gasteiger partial charge in [-0.25, -0.2) is 8.78 Å². The fourth-order valence-electron chi connectivity index (χ4n) is 6.13. The number of anilines is 1. The van der Waals surface area contributed by atoms with Gasteiger partial charge < -0.3 is 24.3 Å². The standard InChI is InChI=1S/C39H33ClF2N4O6/c1-49-34-22-26-29(23-35(34)51-18-6-15-45-16-19-50-20-17-45)43-14-13-32(26)52-33-12-11-24(21-28(33)42)44-38(47)36-37(40)25-7-2-4-9-30(25)46(39(36)48)31-10-5-3-8-27(31)41/h2-5,7-14,21-23H,6,15-20H2,1H3,(H,44,47). The number of rotatable bonds is 11. The molecule has 1 aliphatic rings. The van der Waals surface area contributed by atoms with Crippen molar-refractivity contribution in [3.05, 3.63) is 124 Å². The van der Waals surface area contributed by atoms with Crippen LogP contribution in [-0.2, 0) is 4.74 Å². The van der Waals surface area contributed by atoms with Crippen molar-refractivity contribution in [2.24, 2.45) is 0 Å². The molecule has 0 aliphatic carbocycles. The fraction of sp³-hybridized carbons (Fsp3) is 0.205. The molecule has 0 radical (unpaired) electrons. The second-order valence-corrected chi connectivity index (χ2v) is 12.4. The summed E-state index contributed by atoms with van der Waals surface area (Å²) in [5.74, 6) is -1.16. The summed E-state index contributed by atoms with van der Waals surface area (Å²) in [6.07, 6.45) is 2.37. The average molecular weight is 727 g/mol. The molecule has 3 heterocycles. The number of morpholine rings is 1. The van der Waals surface area contributed by atoms with Crippen LogP contribution in [0, 0.1) is 11.6 Å². The lowest BCUT2D eigenvalue weighted by atomic mass is 10.1. The van der Waals surface area contributed by atoms with Gasteiger partial charge in [0.15, 0.2) is 23.1 Å². The van der Waals surface area contributed by atoms with Gasteiger partial charge in [-0.05, 0) is 48.9 Å². The molecule has 7 rings (SSSR count). The molecule has 1 N–H and O–H groups in total. The highest BCUT2D eigenvalue weighted by molar-refractivity contribution is 6.39. The number of hydrogen-bond donors (Lipinski definition) is 1. The molecule has 6 aromatic rings. The SMILES string of the molecule is COc1cc2c(Oc3ccc(NC(=O)c4c(Cl)c5ccccc5n(-c5ccccc5F)c4=O)cc3F)ccnc2cc1OCCCN1CCOCC1. The largest absolute Gasteiger partial charge is 0.493 e. The zero-order valence-corrected chi connectivity index (χ0v) is 28.8. The van der Waals surface area contributed by atoms with Gasteiger partial charge in [-0.1, -0.05) is 41.9 Å². The highest BCUT2D eigenvalue weighted by Gasteiger charge is 2.24. The zero-order chi connectivity index (χ0) is 36.2. The van der Waals surface area contributed by atoms with Gasteiger partial charge in [-0.15, -0.1) is 0 Å². The highest BCUT2D eigenvalue weighted by Crippen LogP contribution is 2.38. The molecule has 0 bridgehead atoms. The number of aromatic nitrogens is 2. The fourth-order valence-corrected chi connectivity index (χ4v) is 6.46. The number of methoxy groups -OCH3 is 1. The van der Waals surface area contributed by atoms with E-state index in [-0.39, 0.29) is 22.1 Å². The van der Waals surface area contributed by atoms with Crippen molar-refractivity contribution < 1.29 is 32.5 Å². The Morgan fingerprint density at radius 3 is 2.48 bits per heavy atom. The van der Waals surface area contributed by atoms with Gasteiger partial charge in [0, 0.05) is 54.4 Å². The van der Waals surface area contributed by atoms with E-state index < -0.39 is 28.7 Å². The number of carbonyl (C=O) groups excluding carboxylic acids is 1. The maximum Gasteiger partial charge on any atom is 0.270 e. The molecule has 0 saturated carbocycles. The molecule has 0 spiro atoms. The summed E-state index contributed by atoms with van der Waals surface area (Å²) in [6, 6.07) is 21.2. The molecule has 52 heavy (non-hydrogen) atoms. The summed E-state index contributed by atoms with van der Waals surface area (Å²) in [5.41, 5.74) is -0.412. The molecule has 10 nitrogen and oxygen atoms in total. The lowest BCUT2D eigenvalue weighted by molar-refractivity contribution is 0.0357. The Balaban J connectivity index is 1.10. The predicted octanol–water partition coefficient (Wildman–Crippen LogP) is 7.62. The summed E-state index contributed by atoms with van der Waals surface area (Å²) >= 11 is 6.60. The maximum atomic E-state index is 15.5. The average Bonchev–Trinajstić information content (AvgIpc) is 3.15. The monoisotopic (exact) mass is 726 g/mol. The summed E-state index contributed by atoms with van der Waals surface area (Å²) in [6.45, 7) is 4.68. The molecule has 13 heteroatoms. The van der Waals surface area contributed by atoms with Crippen molar-refractivity contribution in [3.8, 4) is 28.7 Å². The van der Waals surface area contributed by atoms with Gasteiger partial charge in [0.2, 0.25) is 0 Å². The van der Waals surface area contributed by atoms with Crippen molar-refractivity contribution >= 4 is 45.0 Å². The zero-order valence-electron chi connectivity index (χ0n) is 28.0. The molecular weight excluding hydrogens is 694 g/mol. The third-order valence-electron chi connectivity index (χ3n) is 8.71. The van der Waals surface area contributed by atoms with Crippen LogP contribution in [0.25, 0.3) is 27.5 Å². The second-order valence-electron chi connectivity index (χ2n) is 12.0. The minimum atomic E-state index is -0.898. The second kappa shape index (κ2) is 15.4. The van der Waals surface area contributed by atoms with E-state index in [4.69, 9.17) is 30.5 Å². The van der Waals surface area contributed by atoms with Crippen molar-refractivity contribution in [1.82, 2.24) is 14.5 Å². The van der Waals surface area contributed by atoms with E-state index in [2.05, 4.69) is 15.2 Å². The van der Waals surface area contributed by atoms with Crippen molar-refractivity contribution in [2.75, 3.05) is 51.9 Å². The van der Waals surface area contributed by atoms with Crippen LogP contribution < -0.4 is 25.1 Å². The summed E-state index contributed by atoms with van der Waals surface area (Å²) in [5, 5.41) is 3.35. The quantitative estimate of drug-likeness (QED) is 0.136. The Morgan fingerprint density at radius 1 is 0.904 bits per heavy atom. The van der Waals surface area contributed by atoms with Crippen LogP contribution in [0.1, 0.15) is 16.8 Å². The van der Waals surface area contributed by atoms with Gasteiger partial charge in [-0.3, -0.25) is 24.0 Å². The van der Waals surface area contributed by atoms with Crippen molar-refractivity contribution in [3.63, 3.8) is 0 Å². The third-order valence-corrected chi connectivity index (χ3v) is 9.11. The molecule has 0 atom stereocenters. The van der Waals surface area contributed by atoms with Crippen LogP contribution in [0.15, 0.2) is 95.9 Å². The van der Waals surface area contributed by atoms with Gasteiger partial charge in [-0.2, -0.15) is 0 Å². The molecule has 1 saturated heterocycles. The molecule has 1 fully saturated rings. The minimum absolute atomic E-state index is 0.0348. The number of hydrogen-bond acceptors (Lipinski definition) is 8. The van der Waals surface area contributed by atoms with E-state index in [9.17, 15) is 14.0 Å².